The number of hydrogen-bond acceptors (Lipinski definition) is 4. The summed E-state index contributed by atoms with van der Waals surface area (Å²) in [6.45, 7) is 4.15. The maximum atomic E-state index is 13.3. The molecule has 31 heavy (non-hydrogen) atoms. The zero-order valence-electron chi connectivity index (χ0n) is 17.9. The standard InChI is InChI=1S/C24H28N4O3/c1-17(29)26-23(14-18-16-25-22-9-4-3-8-21(18)22)24(30)28-12-10-27(11-13-28)19-6-5-7-20(15-19)31-2/h3-9,15-16,23,25H,10-14H2,1-2H3,(H,26,29)/t23-/m0/s1. The Bertz CT molecular complexity index is 1070. The van der Waals surface area contributed by atoms with Gasteiger partial charge in [0.25, 0.3) is 0 Å². The molecule has 0 unspecified atom stereocenters. The number of rotatable bonds is 6. The predicted octanol–water partition coefficient (Wildman–Crippen LogP) is 2.57. The minimum Gasteiger partial charge on any atom is -0.497 e. The molecule has 1 aliphatic rings. The molecule has 0 spiro atoms. The van der Waals surface area contributed by atoms with Gasteiger partial charge in [0.05, 0.1) is 7.11 Å². The number of piperazine rings is 1. The van der Waals surface area contributed by atoms with E-state index in [-0.39, 0.29) is 11.8 Å². The van der Waals surface area contributed by atoms with Crippen molar-refractivity contribution in [1.29, 1.82) is 0 Å². The number of benzene rings is 2. The summed E-state index contributed by atoms with van der Waals surface area (Å²) >= 11 is 0. The fourth-order valence-corrected chi connectivity index (χ4v) is 4.18. The second-order valence-corrected chi connectivity index (χ2v) is 7.83. The van der Waals surface area contributed by atoms with Crippen molar-refractivity contribution >= 4 is 28.4 Å². The van der Waals surface area contributed by atoms with Crippen LogP contribution in [-0.4, -0.2) is 61.0 Å². The van der Waals surface area contributed by atoms with E-state index in [0.29, 0.717) is 19.5 Å². The van der Waals surface area contributed by atoms with Gasteiger partial charge in [0.15, 0.2) is 0 Å². The maximum Gasteiger partial charge on any atom is 0.245 e. The molecule has 0 bridgehead atoms. The molecule has 4 rings (SSSR count). The summed E-state index contributed by atoms with van der Waals surface area (Å²) in [5.74, 6) is 0.583. The molecule has 2 aromatic carbocycles. The first-order valence-electron chi connectivity index (χ1n) is 10.5. The van der Waals surface area contributed by atoms with Gasteiger partial charge in [-0.05, 0) is 23.8 Å². The van der Waals surface area contributed by atoms with Crippen molar-refractivity contribution in [2.75, 3.05) is 38.2 Å². The molecule has 2 N–H and O–H groups in total. The van der Waals surface area contributed by atoms with E-state index in [0.717, 1.165) is 41.0 Å². The van der Waals surface area contributed by atoms with Crippen LogP contribution >= 0.6 is 0 Å². The summed E-state index contributed by atoms with van der Waals surface area (Å²) in [5, 5.41) is 3.94. The third-order valence-electron chi connectivity index (χ3n) is 5.78. The number of nitrogens with zero attached hydrogens (tertiary/aromatic N) is 2. The summed E-state index contributed by atoms with van der Waals surface area (Å²) in [6, 6.07) is 15.4. The number of anilines is 1. The summed E-state index contributed by atoms with van der Waals surface area (Å²) in [6.07, 6.45) is 2.38. The van der Waals surface area contributed by atoms with Gasteiger partial charge in [-0.2, -0.15) is 0 Å². The van der Waals surface area contributed by atoms with Crippen LogP contribution in [0.15, 0.2) is 54.7 Å². The molecule has 7 heteroatoms. The number of H-pyrrole nitrogens is 1. The number of carbonyl (C=O) groups excluding carboxylic acids is 2. The molecule has 1 aliphatic heterocycles. The third-order valence-corrected chi connectivity index (χ3v) is 5.78. The number of nitrogens with one attached hydrogen (secondary N) is 2. The van der Waals surface area contributed by atoms with Gasteiger partial charge in [-0.15, -0.1) is 0 Å². The Kier molecular flexibility index (Phi) is 6.11. The van der Waals surface area contributed by atoms with E-state index in [4.69, 9.17) is 4.74 Å². The molecule has 2 heterocycles. The van der Waals surface area contributed by atoms with Crippen LogP contribution in [0, 0.1) is 0 Å². The van der Waals surface area contributed by atoms with Crippen molar-refractivity contribution in [3.05, 3.63) is 60.3 Å². The van der Waals surface area contributed by atoms with E-state index < -0.39 is 6.04 Å². The molecular weight excluding hydrogens is 392 g/mol. The van der Waals surface area contributed by atoms with E-state index in [1.54, 1.807) is 7.11 Å². The normalized spacial score (nSPS) is 15.0. The smallest absolute Gasteiger partial charge is 0.245 e. The van der Waals surface area contributed by atoms with Crippen LogP contribution in [0.2, 0.25) is 0 Å². The lowest BCUT2D eigenvalue weighted by molar-refractivity contribution is -0.136. The summed E-state index contributed by atoms with van der Waals surface area (Å²) < 4.78 is 5.32. The highest BCUT2D eigenvalue weighted by Crippen LogP contribution is 2.23. The van der Waals surface area contributed by atoms with E-state index in [9.17, 15) is 9.59 Å². The maximum absolute atomic E-state index is 13.3. The van der Waals surface area contributed by atoms with Crippen LogP contribution in [-0.2, 0) is 16.0 Å². The molecule has 7 nitrogen and oxygen atoms in total. The number of amides is 2. The quantitative estimate of drug-likeness (QED) is 0.643. The Morgan fingerprint density at radius 1 is 1.10 bits per heavy atom. The van der Waals surface area contributed by atoms with Gasteiger partial charge in [0.1, 0.15) is 11.8 Å². The summed E-state index contributed by atoms with van der Waals surface area (Å²) in [4.78, 5) is 32.5. The number of aromatic nitrogens is 1. The van der Waals surface area contributed by atoms with Crippen molar-refractivity contribution in [3.63, 3.8) is 0 Å². The first-order chi connectivity index (χ1) is 15.0. The number of para-hydroxylation sites is 1. The highest BCUT2D eigenvalue weighted by Gasteiger charge is 2.29. The highest BCUT2D eigenvalue weighted by atomic mass is 16.5. The fourth-order valence-electron chi connectivity index (χ4n) is 4.18. The Morgan fingerprint density at radius 2 is 1.87 bits per heavy atom. The molecule has 3 aromatic rings. The van der Waals surface area contributed by atoms with Crippen LogP contribution in [0.1, 0.15) is 12.5 Å². The van der Waals surface area contributed by atoms with Crippen LogP contribution in [0.4, 0.5) is 5.69 Å². The van der Waals surface area contributed by atoms with Crippen LogP contribution in [0.5, 0.6) is 5.75 Å². The minimum absolute atomic E-state index is 0.0363. The Morgan fingerprint density at radius 3 is 2.61 bits per heavy atom. The second-order valence-electron chi connectivity index (χ2n) is 7.83. The number of hydrogen-bond donors (Lipinski definition) is 2. The lowest BCUT2D eigenvalue weighted by atomic mass is 10.0. The third kappa shape index (κ3) is 4.66. The first kappa shape index (κ1) is 20.8. The van der Waals surface area contributed by atoms with E-state index in [1.165, 1.54) is 6.92 Å². The van der Waals surface area contributed by atoms with Crippen LogP contribution < -0.4 is 15.0 Å². The molecular formula is C24H28N4O3. The molecule has 0 radical (unpaired) electrons. The zero-order chi connectivity index (χ0) is 21.8. The number of methoxy groups -OCH3 is 1. The van der Waals surface area contributed by atoms with Crippen molar-refractivity contribution < 1.29 is 14.3 Å². The van der Waals surface area contributed by atoms with Crippen molar-refractivity contribution in [1.82, 2.24) is 15.2 Å². The molecule has 162 valence electrons. The first-order valence-corrected chi connectivity index (χ1v) is 10.5. The van der Waals surface area contributed by atoms with E-state index in [1.807, 2.05) is 53.6 Å². The summed E-state index contributed by atoms with van der Waals surface area (Å²) in [5.41, 5.74) is 3.14. The van der Waals surface area contributed by atoms with Crippen molar-refractivity contribution in [2.45, 2.75) is 19.4 Å². The molecule has 2 amide bonds. The number of fused-ring (bicyclic) bond motifs is 1. The highest BCUT2D eigenvalue weighted by molar-refractivity contribution is 5.89. The number of aromatic amines is 1. The van der Waals surface area contributed by atoms with Gasteiger partial charge in [-0.1, -0.05) is 24.3 Å². The Balaban J connectivity index is 1.44. The van der Waals surface area contributed by atoms with Crippen molar-refractivity contribution in [3.8, 4) is 5.75 Å². The van der Waals surface area contributed by atoms with Crippen molar-refractivity contribution in [2.24, 2.45) is 0 Å². The van der Waals surface area contributed by atoms with Crippen LogP contribution in [0.3, 0.4) is 0 Å². The molecule has 1 atom stereocenters. The van der Waals surface area contributed by atoms with Gasteiger partial charge < -0.3 is 24.8 Å². The van der Waals surface area contributed by atoms with Gasteiger partial charge in [-0.25, -0.2) is 0 Å². The SMILES string of the molecule is COc1cccc(N2CCN(C(=O)[C@H](Cc3c[nH]c4ccccc34)NC(C)=O)CC2)c1. The van der Waals surface area contributed by atoms with Crippen LogP contribution in [0.25, 0.3) is 10.9 Å². The average Bonchev–Trinajstić information content (AvgIpc) is 3.21. The molecule has 1 saturated heterocycles. The minimum atomic E-state index is -0.583. The van der Waals surface area contributed by atoms with Gasteiger partial charge >= 0.3 is 0 Å². The number of ether oxygens (including phenoxy) is 1. The Hall–Kier alpha value is -3.48. The fraction of sp³-hybridized carbons (Fsp3) is 0.333. The topological polar surface area (TPSA) is 77.7 Å². The van der Waals surface area contributed by atoms with E-state index in [2.05, 4.69) is 21.3 Å². The Labute approximate surface area is 182 Å². The second kappa shape index (κ2) is 9.12. The lowest BCUT2D eigenvalue weighted by Crippen LogP contribution is -2.55. The number of carbonyl (C=O) groups is 2. The van der Waals surface area contributed by atoms with E-state index >= 15 is 0 Å². The predicted molar refractivity (Wildman–Crippen MR) is 121 cm³/mol. The van der Waals surface area contributed by atoms with Gasteiger partial charge in [0, 0.05) is 68.4 Å². The monoisotopic (exact) mass is 420 g/mol. The lowest BCUT2D eigenvalue weighted by Gasteiger charge is -2.37. The average molecular weight is 421 g/mol. The molecule has 1 fully saturated rings. The van der Waals surface area contributed by atoms with Gasteiger partial charge in [0.2, 0.25) is 11.8 Å². The summed E-state index contributed by atoms with van der Waals surface area (Å²) in [7, 11) is 1.66. The molecule has 0 saturated carbocycles. The molecule has 0 aliphatic carbocycles. The largest absolute Gasteiger partial charge is 0.497 e. The molecule has 1 aromatic heterocycles. The van der Waals surface area contributed by atoms with Gasteiger partial charge in [-0.3, -0.25) is 9.59 Å². The zero-order valence-corrected chi connectivity index (χ0v) is 17.9.